The zero-order chi connectivity index (χ0) is 42.8. The van der Waals surface area contributed by atoms with Crippen LogP contribution in [0.1, 0.15) is 91.9 Å². The molecule has 10 atom stereocenters. The van der Waals surface area contributed by atoms with Crippen molar-refractivity contribution in [1.29, 1.82) is 0 Å². The second kappa shape index (κ2) is 21.3. The fourth-order valence-corrected chi connectivity index (χ4v) is 8.11. The standard InChI is InChI=1S/C41H67F2N5O8/c1-15-24(6)35(47(11)40(53)34(23(4)5)46-39(52)33(44-10)22(2)3)31(55-13)19-32(49)48-21-30(54-12)20-41(48,9)37(56-14)25(7)38(51)45-26(8)36(50)27-16-28(42)18-29(43)17-27/h16-18,22-26,30-31,33-35,37,44H,15,19-21H2,1-14H3,(H,45,51)(H,46,52)/t24?,25-,26+,30-,31-,33+,34+,35+,37-,41+/m1/s1. The molecular formula is C41H67F2N5O8. The molecule has 0 spiro atoms. The van der Waals surface area contributed by atoms with Crippen molar-refractivity contribution in [3.05, 3.63) is 35.4 Å². The average Bonchev–Trinajstić information content (AvgIpc) is 3.49. The Hall–Kier alpha value is -3.53. The molecule has 1 aromatic carbocycles. The molecule has 1 aliphatic rings. The van der Waals surface area contributed by atoms with E-state index in [9.17, 15) is 32.8 Å². The van der Waals surface area contributed by atoms with Crippen LogP contribution in [0.2, 0.25) is 0 Å². The van der Waals surface area contributed by atoms with E-state index >= 15 is 0 Å². The molecule has 1 saturated heterocycles. The molecule has 4 amide bonds. The van der Waals surface area contributed by atoms with E-state index in [0.717, 1.165) is 12.1 Å². The van der Waals surface area contributed by atoms with Crippen LogP contribution in [-0.2, 0) is 33.4 Å². The molecule has 1 aliphatic heterocycles. The Morgan fingerprint density at radius 2 is 1.46 bits per heavy atom. The number of likely N-dealkylation sites (N-methyl/N-ethyl adjacent to an activating group) is 2. The van der Waals surface area contributed by atoms with Gasteiger partial charge in [-0.25, -0.2) is 8.78 Å². The van der Waals surface area contributed by atoms with Crippen molar-refractivity contribution in [2.75, 3.05) is 42.0 Å². The maximum absolute atomic E-state index is 14.5. The van der Waals surface area contributed by atoms with Crippen LogP contribution in [0, 0.1) is 35.3 Å². The van der Waals surface area contributed by atoms with E-state index in [0.29, 0.717) is 18.9 Å². The van der Waals surface area contributed by atoms with Gasteiger partial charge >= 0.3 is 0 Å². The SMILES string of the molecule is CCC(C)[C@@H]([C@@H](CC(=O)N1C[C@H](OC)C[C@@]1(C)[C@H](OC)[C@@H](C)C(=O)N[C@@H](C)C(=O)c1cc(F)cc(F)c1)OC)N(C)C(=O)[C@@H](NC(=O)[C@@H](NC)C(C)C)C(C)C. The highest BCUT2D eigenvalue weighted by Gasteiger charge is 2.53. The number of likely N-dealkylation sites (tertiary alicyclic amines) is 1. The van der Waals surface area contributed by atoms with Crippen molar-refractivity contribution < 1.29 is 47.0 Å². The van der Waals surface area contributed by atoms with Crippen LogP contribution < -0.4 is 16.0 Å². The van der Waals surface area contributed by atoms with Gasteiger partial charge in [-0.05, 0) is 50.8 Å². The van der Waals surface area contributed by atoms with E-state index in [4.69, 9.17) is 14.2 Å². The maximum atomic E-state index is 14.5. The monoisotopic (exact) mass is 795 g/mol. The molecule has 0 aromatic heterocycles. The Morgan fingerprint density at radius 3 is 1.93 bits per heavy atom. The van der Waals surface area contributed by atoms with E-state index in [1.165, 1.54) is 21.1 Å². The zero-order valence-corrected chi connectivity index (χ0v) is 35.8. The van der Waals surface area contributed by atoms with Crippen molar-refractivity contribution in [1.82, 2.24) is 25.8 Å². The predicted molar refractivity (Wildman–Crippen MR) is 210 cm³/mol. The predicted octanol–water partition coefficient (Wildman–Crippen LogP) is 3.97. The van der Waals surface area contributed by atoms with Crippen LogP contribution >= 0.6 is 0 Å². The first-order valence-corrected chi connectivity index (χ1v) is 19.6. The molecule has 1 fully saturated rings. The van der Waals surface area contributed by atoms with Gasteiger partial charge in [-0.15, -0.1) is 0 Å². The van der Waals surface area contributed by atoms with Gasteiger partial charge in [0.05, 0.1) is 54.3 Å². The molecule has 2 rings (SSSR count). The van der Waals surface area contributed by atoms with Crippen molar-refractivity contribution in [2.45, 2.75) is 130 Å². The van der Waals surface area contributed by atoms with Gasteiger partial charge in [-0.2, -0.15) is 0 Å². The summed E-state index contributed by atoms with van der Waals surface area (Å²) in [6, 6.07) is -0.513. The number of Topliss-reactive ketones (excluding diaryl/α,β-unsaturated/α-hetero) is 1. The second-order valence-corrected chi connectivity index (χ2v) is 16.2. The molecule has 318 valence electrons. The van der Waals surface area contributed by atoms with Crippen LogP contribution in [0.15, 0.2) is 18.2 Å². The van der Waals surface area contributed by atoms with Gasteiger partial charge in [0.15, 0.2) is 5.78 Å². The Labute approximate surface area is 332 Å². The number of carbonyl (C=O) groups excluding carboxylic acids is 5. The number of nitrogens with one attached hydrogen (secondary N) is 3. The van der Waals surface area contributed by atoms with Gasteiger partial charge in [0.1, 0.15) is 17.7 Å². The molecule has 0 saturated carbocycles. The molecular weight excluding hydrogens is 728 g/mol. The lowest BCUT2D eigenvalue weighted by molar-refractivity contribution is -0.152. The number of halogens is 2. The van der Waals surface area contributed by atoms with Crippen LogP contribution in [0.5, 0.6) is 0 Å². The van der Waals surface area contributed by atoms with Crippen LogP contribution in [-0.4, -0.2) is 129 Å². The number of rotatable bonds is 21. The zero-order valence-electron chi connectivity index (χ0n) is 35.8. The molecule has 3 N–H and O–H groups in total. The quantitative estimate of drug-likeness (QED) is 0.157. The largest absolute Gasteiger partial charge is 0.380 e. The van der Waals surface area contributed by atoms with Crippen LogP contribution in [0.25, 0.3) is 0 Å². The summed E-state index contributed by atoms with van der Waals surface area (Å²) in [5.41, 5.74) is -1.29. The third kappa shape index (κ3) is 11.5. The lowest BCUT2D eigenvalue weighted by atomic mass is 9.82. The van der Waals surface area contributed by atoms with E-state index in [2.05, 4.69) is 16.0 Å². The summed E-state index contributed by atoms with van der Waals surface area (Å²) in [5, 5.41) is 8.63. The summed E-state index contributed by atoms with van der Waals surface area (Å²) in [6.07, 6.45) is -1.13. The number of hydrogen-bond acceptors (Lipinski definition) is 9. The highest BCUT2D eigenvalue weighted by Crippen LogP contribution is 2.39. The van der Waals surface area contributed by atoms with Gasteiger partial charge in [0, 0.05) is 53.0 Å². The highest BCUT2D eigenvalue weighted by atomic mass is 19.1. The Kier molecular flexibility index (Phi) is 18.5. The summed E-state index contributed by atoms with van der Waals surface area (Å²) < 4.78 is 45.4. The first-order valence-electron chi connectivity index (χ1n) is 19.6. The summed E-state index contributed by atoms with van der Waals surface area (Å²) in [4.78, 5) is 71.9. The van der Waals surface area contributed by atoms with Crippen molar-refractivity contribution >= 4 is 29.4 Å². The van der Waals surface area contributed by atoms with Crippen molar-refractivity contribution in [3.63, 3.8) is 0 Å². The number of amides is 4. The van der Waals surface area contributed by atoms with Crippen LogP contribution in [0.4, 0.5) is 8.78 Å². The summed E-state index contributed by atoms with van der Waals surface area (Å²) in [6.45, 7) is 16.6. The Balaban J connectivity index is 2.39. The number of nitrogens with zero attached hydrogens (tertiary/aromatic N) is 2. The number of ether oxygens (including phenoxy) is 3. The fraction of sp³-hybridized carbons (Fsp3) is 0.732. The van der Waals surface area contributed by atoms with E-state index < -0.39 is 77.3 Å². The number of hydrogen-bond donors (Lipinski definition) is 3. The van der Waals surface area contributed by atoms with Crippen LogP contribution in [0.3, 0.4) is 0 Å². The molecule has 56 heavy (non-hydrogen) atoms. The van der Waals surface area contributed by atoms with E-state index in [1.807, 2.05) is 48.5 Å². The minimum atomic E-state index is -1.12. The van der Waals surface area contributed by atoms with E-state index in [1.54, 1.807) is 37.9 Å². The molecule has 0 bridgehead atoms. The maximum Gasteiger partial charge on any atom is 0.245 e. The Bertz CT molecular complexity index is 1490. The Morgan fingerprint density at radius 1 is 0.893 bits per heavy atom. The van der Waals surface area contributed by atoms with E-state index in [-0.39, 0.29) is 54.0 Å². The summed E-state index contributed by atoms with van der Waals surface area (Å²) in [5.74, 6) is -5.18. The average molecular weight is 796 g/mol. The van der Waals surface area contributed by atoms with Gasteiger partial charge in [0.25, 0.3) is 0 Å². The topological polar surface area (TPSA) is 156 Å². The molecule has 13 nitrogen and oxygen atoms in total. The molecule has 1 unspecified atom stereocenters. The van der Waals surface area contributed by atoms with Gasteiger partial charge in [-0.3, -0.25) is 24.0 Å². The van der Waals surface area contributed by atoms with Gasteiger partial charge < -0.3 is 40.0 Å². The highest BCUT2D eigenvalue weighted by molar-refractivity contribution is 6.01. The lowest BCUT2D eigenvalue weighted by Crippen LogP contribution is -2.61. The van der Waals surface area contributed by atoms with Crippen molar-refractivity contribution in [2.24, 2.45) is 23.7 Å². The van der Waals surface area contributed by atoms with Gasteiger partial charge in [-0.1, -0.05) is 54.9 Å². The molecule has 1 heterocycles. The summed E-state index contributed by atoms with van der Waals surface area (Å²) >= 11 is 0. The number of ketones is 1. The normalized spacial score (nSPS) is 21.5. The van der Waals surface area contributed by atoms with Gasteiger partial charge in [0.2, 0.25) is 23.6 Å². The molecule has 0 radical (unpaired) electrons. The number of methoxy groups -OCH3 is 3. The summed E-state index contributed by atoms with van der Waals surface area (Å²) in [7, 11) is 7.86. The third-order valence-corrected chi connectivity index (χ3v) is 11.5. The number of benzene rings is 1. The first kappa shape index (κ1) is 48.6. The minimum Gasteiger partial charge on any atom is -0.380 e. The third-order valence-electron chi connectivity index (χ3n) is 11.5. The van der Waals surface area contributed by atoms with Crippen molar-refractivity contribution in [3.8, 4) is 0 Å². The molecule has 0 aliphatic carbocycles. The first-order chi connectivity index (χ1) is 26.1. The smallest absolute Gasteiger partial charge is 0.245 e. The fourth-order valence-electron chi connectivity index (χ4n) is 8.11. The molecule has 15 heteroatoms. The lowest BCUT2D eigenvalue weighted by Gasteiger charge is -2.44. The second-order valence-electron chi connectivity index (χ2n) is 16.2. The number of carbonyl (C=O) groups is 5. The molecule has 1 aromatic rings. The minimum absolute atomic E-state index is 0.00638.